The van der Waals surface area contributed by atoms with Gasteiger partial charge in [0, 0.05) is 13.1 Å². The average Bonchev–Trinajstić information content (AvgIpc) is 2.90. The Morgan fingerprint density at radius 3 is 2.22 bits per heavy atom. The summed E-state index contributed by atoms with van der Waals surface area (Å²) in [4.78, 5) is 27.8. The van der Waals surface area contributed by atoms with Crippen LogP contribution in [0.5, 0.6) is 0 Å². The van der Waals surface area contributed by atoms with E-state index < -0.39 is 34.3 Å². The topological polar surface area (TPSA) is 86.8 Å². The number of para-hydroxylation sites is 1. The Bertz CT molecular complexity index is 1320. The van der Waals surface area contributed by atoms with Crippen LogP contribution in [0.3, 0.4) is 0 Å². The molecule has 3 aromatic carbocycles. The first-order valence-corrected chi connectivity index (χ1v) is 13.6. The minimum atomic E-state index is -4.19. The quantitative estimate of drug-likeness (QED) is 0.381. The van der Waals surface area contributed by atoms with Crippen LogP contribution in [0.25, 0.3) is 0 Å². The van der Waals surface area contributed by atoms with E-state index in [0.29, 0.717) is 18.5 Å². The molecule has 37 heavy (non-hydrogen) atoms. The first kappa shape index (κ1) is 28.1. The number of amides is 2. The van der Waals surface area contributed by atoms with E-state index >= 15 is 0 Å². The third-order valence-corrected chi connectivity index (χ3v) is 7.81. The summed E-state index contributed by atoms with van der Waals surface area (Å²) in [5.74, 6) is -1.44. The van der Waals surface area contributed by atoms with Gasteiger partial charge in [0.05, 0.1) is 15.6 Å². The van der Waals surface area contributed by atoms with Gasteiger partial charge in [-0.15, -0.1) is 0 Å². The lowest BCUT2D eigenvalue weighted by Crippen LogP contribution is -2.51. The molecule has 0 heterocycles. The first-order chi connectivity index (χ1) is 17.6. The molecule has 7 nitrogen and oxygen atoms in total. The number of hydrogen-bond donors (Lipinski definition) is 1. The van der Waals surface area contributed by atoms with Gasteiger partial charge in [0.2, 0.25) is 11.8 Å². The molecule has 0 aliphatic rings. The number of benzene rings is 3. The van der Waals surface area contributed by atoms with Crippen LogP contribution in [0, 0.1) is 5.82 Å². The van der Waals surface area contributed by atoms with Crippen LogP contribution in [-0.4, -0.2) is 44.3 Å². The van der Waals surface area contributed by atoms with E-state index in [1.165, 1.54) is 53.4 Å². The second kappa shape index (κ2) is 12.7. The van der Waals surface area contributed by atoms with Crippen molar-refractivity contribution in [2.75, 3.05) is 17.4 Å². The summed E-state index contributed by atoms with van der Waals surface area (Å²) >= 11 is 6.36. The Labute approximate surface area is 221 Å². The molecular weight excluding hydrogens is 517 g/mol. The van der Waals surface area contributed by atoms with Crippen LogP contribution in [0.2, 0.25) is 5.02 Å². The largest absolute Gasteiger partial charge is 0.354 e. The molecule has 3 rings (SSSR count). The van der Waals surface area contributed by atoms with Crippen LogP contribution in [0.15, 0.2) is 83.8 Å². The smallest absolute Gasteiger partial charge is 0.264 e. The summed E-state index contributed by atoms with van der Waals surface area (Å²) in [6.07, 6.45) is 0.708. The highest BCUT2D eigenvalue weighted by molar-refractivity contribution is 7.92. The standard InChI is InChI=1S/C27H29ClFN3O4S/c1-3-17-30-27(34)20(2)31(18-21-13-15-22(29)16-14-21)26(33)19-32(25-12-8-7-11-24(25)28)37(35,36)23-9-5-4-6-10-23/h4-16,20H,3,17-19H2,1-2H3,(H,30,34)/t20-/m0/s1. The number of carbonyl (C=O) groups is 2. The second-order valence-electron chi connectivity index (χ2n) is 8.39. The van der Waals surface area contributed by atoms with Gasteiger partial charge in [-0.25, -0.2) is 12.8 Å². The molecule has 0 aliphatic carbocycles. The fraction of sp³-hybridized carbons (Fsp3) is 0.259. The third kappa shape index (κ3) is 7.08. The maximum absolute atomic E-state index is 13.7. The van der Waals surface area contributed by atoms with Crippen molar-refractivity contribution in [3.63, 3.8) is 0 Å². The van der Waals surface area contributed by atoms with Gasteiger partial charge in [-0.3, -0.25) is 13.9 Å². The van der Waals surface area contributed by atoms with Crippen LogP contribution >= 0.6 is 11.6 Å². The highest BCUT2D eigenvalue weighted by Gasteiger charge is 2.33. The lowest BCUT2D eigenvalue weighted by molar-refractivity contribution is -0.139. The zero-order valence-electron chi connectivity index (χ0n) is 20.6. The van der Waals surface area contributed by atoms with Crippen molar-refractivity contribution in [3.8, 4) is 0 Å². The van der Waals surface area contributed by atoms with Gasteiger partial charge in [0.15, 0.2) is 0 Å². The van der Waals surface area contributed by atoms with E-state index in [1.807, 2.05) is 6.92 Å². The van der Waals surface area contributed by atoms with Crippen molar-refractivity contribution in [3.05, 3.63) is 95.3 Å². The Hall–Kier alpha value is -3.43. The SMILES string of the molecule is CCCNC(=O)[C@H](C)N(Cc1ccc(F)cc1)C(=O)CN(c1ccccc1Cl)S(=O)(=O)c1ccccc1. The molecular formula is C27H29ClFN3O4S. The second-order valence-corrected chi connectivity index (χ2v) is 10.7. The number of anilines is 1. The van der Waals surface area contributed by atoms with Crippen LogP contribution in [0.4, 0.5) is 10.1 Å². The number of nitrogens with one attached hydrogen (secondary N) is 1. The minimum absolute atomic E-state index is 0.0125. The van der Waals surface area contributed by atoms with Crippen molar-refractivity contribution in [2.45, 2.75) is 37.8 Å². The number of sulfonamides is 1. The highest BCUT2D eigenvalue weighted by Crippen LogP contribution is 2.30. The number of hydrogen-bond acceptors (Lipinski definition) is 4. The van der Waals surface area contributed by atoms with E-state index in [0.717, 1.165) is 4.31 Å². The summed E-state index contributed by atoms with van der Waals surface area (Å²) in [6.45, 7) is 3.27. The molecule has 10 heteroatoms. The molecule has 3 aromatic rings. The molecule has 0 bridgehead atoms. The lowest BCUT2D eigenvalue weighted by Gasteiger charge is -2.32. The Balaban J connectivity index is 2.01. The van der Waals surface area contributed by atoms with Gasteiger partial charge in [-0.2, -0.15) is 0 Å². The van der Waals surface area contributed by atoms with E-state index in [2.05, 4.69) is 5.32 Å². The molecule has 0 fully saturated rings. The predicted octanol–water partition coefficient (Wildman–Crippen LogP) is 4.62. The number of carbonyl (C=O) groups excluding carboxylic acids is 2. The third-order valence-electron chi connectivity index (χ3n) is 5.71. The predicted molar refractivity (Wildman–Crippen MR) is 142 cm³/mol. The number of rotatable bonds is 11. The highest BCUT2D eigenvalue weighted by atomic mass is 35.5. The normalized spacial score (nSPS) is 12.0. The van der Waals surface area contributed by atoms with Gasteiger partial charge in [0.25, 0.3) is 10.0 Å². The monoisotopic (exact) mass is 545 g/mol. The molecule has 0 spiro atoms. The Kier molecular flexibility index (Phi) is 9.66. The molecule has 0 aromatic heterocycles. The van der Waals surface area contributed by atoms with E-state index in [1.54, 1.807) is 37.3 Å². The zero-order chi connectivity index (χ0) is 27.0. The molecule has 0 saturated carbocycles. The lowest BCUT2D eigenvalue weighted by atomic mass is 10.1. The molecule has 196 valence electrons. The fourth-order valence-corrected chi connectivity index (χ4v) is 5.39. The van der Waals surface area contributed by atoms with Crippen molar-refractivity contribution < 1.29 is 22.4 Å². The van der Waals surface area contributed by atoms with Crippen molar-refractivity contribution in [1.29, 1.82) is 0 Å². The van der Waals surface area contributed by atoms with Crippen LogP contribution < -0.4 is 9.62 Å². The first-order valence-electron chi connectivity index (χ1n) is 11.8. The molecule has 1 N–H and O–H groups in total. The average molecular weight is 546 g/mol. The summed E-state index contributed by atoms with van der Waals surface area (Å²) < 4.78 is 41.7. The van der Waals surface area contributed by atoms with Crippen LogP contribution in [0.1, 0.15) is 25.8 Å². The summed E-state index contributed by atoms with van der Waals surface area (Å²) in [6, 6.07) is 18.7. The minimum Gasteiger partial charge on any atom is -0.354 e. The summed E-state index contributed by atoms with van der Waals surface area (Å²) in [7, 11) is -4.19. The molecule has 0 saturated heterocycles. The van der Waals surface area contributed by atoms with Crippen LogP contribution in [-0.2, 0) is 26.2 Å². The molecule has 0 unspecified atom stereocenters. The maximum Gasteiger partial charge on any atom is 0.264 e. The van der Waals surface area contributed by atoms with Crippen molar-refractivity contribution in [2.24, 2.45) is 0 Å². The molecule has 1 atom stereocenters. The van der Waals surface area contributed by atoms with Gasteiger partial charge < -0.3 is 10.2 Å². The van der Waals surface area contributed by atoms with E-state index in [-0.39, 0.29) is 28.1 Å². The fourth-order valence-electron chi connectivity index (χ4n) is 3.65. The zero-order valence-corrected chi connectivity index (χ0v) is 22.2. The van der Waals surface area contributed by atoms with Gasteiger partial charge >= 0.3 is 0 Å². The van der Waals surface area contributed by atoms with Crippen molar-refractivity contribution >= 4 is 39.1 Å². The summed E-state index contributed by atoms with van der Waals surface area (Å²) in [5, 5.41) is 2.91. The summed E-state index contributed by atoms with van der Waals surface area (Å²) in [5.41, 5.74) is 0.714. The van der Waals surface area contributed by atoms with E-state index in [9.17, 15) is 22.4 Å². The Morgan fingerprint density at radius 1 is 0.973 bits per heavy atom. The molecule has 0 radical (unpaired) electrons. The van der Waals surface area contributed by atoms with Gasteiger partial charge in [-0.05, 0) is 55.3 Å². The van der Waals surface area contributed by atoms with Gasteiger partial charge in [-0.1, -0.05) is 61.0 Å². The number of halogens is 2. The molecule has 0 aliphatic heterocycles. The van der Waals surface area contributed by atoms with E-state index in [4.69, 9.17) is 11.6 Å². The number of nitrogens with zero attached hydrogens (tertiary/aromatic N) is 2. The molecule has 2 amide bonds. The van der Waals surface area contributed by atoms with Gasteiger partial charge in [0.1, 0.15) is 18.4 Å². The Morgan fingerprint density at radius 2 is 1.59 bits per heavy atom. The van der Waals surface area contributed by atoms with Crippen molar-refractivity contribution in [1.82, 2.24) is 10.2 Å². The maximum atomic E-state index is 13.7.